The van der Waals surface area contributed by atoms with Gasteiger partial charge in [-0.3, -0.25) is 4.90 Å². The van der Waals surface area contributed by atoms with Crippen molar-refractivity contribution in [2.75, 3.05) is 5.32 Å². The summed E-state index contributed by atoms with van der Waals surface area (Å²) in [7, 11) is 0. The van der Waals surface area contributed by atoms with Crippen LogP contribution < -0.4 is 10.6 Å². The van der Waals surface area contributed by atoms with Gasteiger partial charge in [0.15, 0.2) is 5.11 Å². The van der Waals surface area contributed by atoms with Gasteiger partial charge in [0.25, 0.3) is 0 Å². The van der Waals surface area contributed by atoms with E-state index >= 15 is 0 Å². The normalized spacial score (nSPS) is 24.6. The fraction of sp³-hybridized carbons (Fsp3) is 0.458. The molecule has 0 saturated carbocycles. The number of benzene rings is 2. The van der Waals surface area contributed by atoms with Gasteiger partial charge in [-0.2, -0.15) is 0 Å². The summed E-state index contributed by atoms with van der Waals surface area (Å²) in [4.78, 5) is 2.75. The minimum atomic E-state index is 0.466. The van der Waals surface area contributed by atoms with E-state index in [9.17, 15) is 0 Å². The maximum absolute atomic E-state index is 5.62. The molecule has 0 spiro atoms. The van der Waals surface area contributed by atoms with Crippen LogP contribution in [0.3, 0.4) is 0 Å². The molecular formula is C24H31N3S. The highest BCUT2D eigenvalue weighted by Gasteiger charge is 2.38. The van der Waals surface area contributed by atoms with Crippen LogP contribution >= 0.6 is 12.2 Å². The van der Waals surface area contributed by atoms with Crippen LogP contribution in [0.5, 0.6) is 0 Å². The summed E-state index contributed by atoms with van der Waals surface area (Å²) >= 11 is 5.62. The lowest BCUT2D eigenvalue weighted by Gasteiger charge is -2.49. The lowest BCUT2D eigenvalue weighted by molar-refractivity contribution is 0.0212. The monoisotopic (exact) mass is 393 g/mol. The average molecular weight is 394 g/mol. The molecule has 2 aromatic carbocycles. The van der Waals surface area contributed by atoms with Gasteiger partial charge >= 0.3 is 0 Å². The summed E-state index contributed by atoms with van der Waals surface area (Å²) in [6.07, 6.45) is 6.32. The Balaban J connectivity index is 1.37. The van der Waals surface area contributed by atoms with Gasteiger partial charge in [0.05, 0.1) is 0 Å². The van der Waals surface area contributed by atoms with Crippen molar-refractivity contribution in [2.24, 2.45) is 0 Å². The molecule has 2 aliphatic heterocycles. The molecule has 2 heterocycles. The zero-order chi connectivity index (χ0) is 19.5. The van der Waals surface area contributed by atoms with Crippen molar-refractivity contribution in [3.8, 4) is 0 Å². The van der Waals surface area contributed by atoms with Crippen molar-refractivity contribution < 1.29 is 0 Å². The number of hydrogen-bond acceptors (Lipinski definition) is 2. The van der Waals surface area contributed by atoms with Gasteiger partial charge in [-0.25, -0.2) is 0 Å². The Labute approximate surface area is 174 Å². The Morgan fingerprint density at radius 2 is 1.68 bits per heavy atom. The summed E-state index contributed by atoms with van der Waals surface area (Å²) in [5, 5.41) is 7.75. The number of hydrogen-bond donors (Lipinski definition) is 2. The Bertz CT molecular complexity index is 803. The third-order valence-electron chi connectivity index (χ3n) is 6.34. The molecule has 2 aromatic rings. The fourth-order valence-electron chi connectivity index (χ4n) is 4.82. The van der Waals surface area contributed by atoms with Crippen LogP contribution in [0.15, 0.2) is 48.5 Å². The van der Waals surface area contributed by atoms with Crippen molar-refractivity contribution in [3.63, 3.8) is 0 Å². The van der Waals surface area contributed by atoms with E-state index in [2.05, 4.69) is 71.8 Å². The van der Waals surface area contributed by atoms with Crippen LogP contribution in [0.2, 0.25) is 0 Å². The van der Waals surface area contributed by atoms with E-state index in [0.29, 0.717) is 18.1 Å². The van der Waals surface area contributed by atoms with Gasteiger partial charge in [0.2, 0.25) is 0 Å². The zero-order valence-electron chi connectivity index (χ0n) is 16.9. The summed E-state index contributed by atoms with van der Waals surface area (Å²) in [6, 6.07) is 19.1. The third kappa shape index (κ3) is 4.56. The second kappa shape index (κ2) is 8.62. The molecular weight excluding hydrogens is 362 g/mol. The smallest absolute Gasteiger partial charge is 0.171 e. The van der Waals surface area contributed by atoms with Crippen molar-refractivity contribution in [2.45, 2.75) is 70.6 Å². The number of aryl methyl sites for hydroxylation is 2. The number of thiocarbonyl (C=S) groups is 1. The third-order valence-corrected chi connectivity index (χ3v) is 6.56. The highest BCUT2D eigenvalue weighted by Crippen LogP contribution is 2.35. The molecule has 148 valence electrons. The zero-order valence-corrected chi connectivity index (χ0v) is 17.8. The number of fused-ring (bicyclic) bond motifs is 2. The number of para-hydroxylation sites is 1. The Hall–Kier alpha value is -1.91. The molecule has 2 aliphatic rings. The first kappa shape index (κ1) is 19.4. The molecule has 3 nitrogen and oxygen atoms in total. The Morgan fingerprint density at radius 1 is 1.00 bits per heavy atom. The predicted molar refractivity (Wildman–Crippen MR) is 122 cm³/mol. The maximum atomic E-state index is 5.62. The molecule has 4 rings (SSSR count). The van der Waals surface area contributed by atoms with E-state index in [1.165, 1.54) is 48.8 Å². The minimum absolute atomic E-state index is 0.466. The molecule has 2 fully saturated rings. The number of rotatable bonds is 4. The quantitative estimate of drug-likeness (QED) is 0.700. The van der Waals surface area contributed by atoms with E-state index in [1.54, 1.807) is 0 Å². The number of nitrogens with one attached hydrogen (secondary N) is 2. The van der Waals surface area contributed by atoms with Crippen LogP contribution in [0, 0.1) is 13.8 Å². The Morgan fingerprint density at radius 3 is 2.36 bits per heavy atom. The van der Waals surface area contributed by atoms with Gasteiger partial charge in [-0.1, -0.05) is 54.4 Å². The molecule has 28 heavy (non-hydrogen) atoms. The highest BCUT2D eigenvalue weighted by atomic mass is 32.1. The van der Waals surface area contributed by atoms with Crippen molar-refractivity contribution in [1.29, 1.82) is 0 Å². The minimum Gasteiger partial charge on any atom is -0.360 e. The van der Waals surface area contributed by atoms with Gasteiger partial charge in [0.1, 0.15) is 0 Å². The predicted octanol–water partition coefficient (Wildman–Crippen LogP) is 5.18. The molecule has 0 aromatic heterocycles. The van der Waals surface area contributed by atoms with Crippen LogP contribution in [0.25, 0.3) is 0 Å². The topological polar surface area (TPSA) is 27.3 Å². The first-order chi connectivity index (χ1) is 13.6. The van der Waals surface area contributed by atoms with E-state index in [1.807, 2.05) is 6.07 Å². The lowest BCUT2D eigenvalue weighted by atomic mass is 9.81. The van der Waals surface area contributed by atoms with Crippen LogP contribution in [0.4, 0.5) is 5.69 Å². The standard InChI is InChI=1S/C24H31N3S/c1-17-10-12-19(13-11-17)16-27-21-7-5-8-22(27)15-20(14-21)25-24(28)26-23-9-4-3-6-18(23)2/h3-4,6,9-13,20-22H,5,7-8,14-16H2,1-2H3,(H2,25,26,28)/t20?,21-,22+. The van der Waals surface area contributed by atoms with Gasteiger partial charge in [0, 0.05) is 30.4 Å². The summed E-state index contributed by atoms with van der Waals surface area (Å²) < 4.78 is 0. The summed E-state index contributed by atoms with van der Waals surface area (Å²) in [5.74, 6) is 0. The van der Waals surface area contributed by atoms with Crippen LogP contribution in [-0.4, -0.2) is 28.1 Å². The first-order valence-electron chi connectivity index (χ1n) is 10.5. The largest absolute Gasteiger partial charge is 0.360 e. The van der Waals surface area contributed by atoms with Crippen molar-refractivity contribution >= 4 is 23.0 Å². The van der Waals surface area contributed by atoms with E-state index in [-0.39, 0.29) is 0 Å². The second-order valence-electron chi connectivity index (χ2n) is 8.48. The second-order valence-corrected chi connectivity index (χ2v) is 8.89. The molecule has 3 atom stereocenters. The molecule has 0 amide bonds. The Kier molecular flexibility index (Phi) is 5.98. The highest BCUT2D eigenvalue weighted by molar-refractivity contribution is 7.80. The number of anilines is 1. The molecule has 4 heteroatoms. The molecule has 2 N–H and O–H groups in total. The number of nitrogens with zero attached hydrogens (tertiary/aromatic N) is 1. The molecule has 0 radical (unpaired) electrons. The summed E-state index contributed by atoms with van der Waals surface area (Å²) in [6.45, 7) is 5.34. The molecule has 2 saturated heterocycles. The van der Waals surface area contributed by atoms with Crippen molar-refractivity contribution in [1.82, 2.24) is 10.2 Å². The SMILES string of the molecule is Cc1ccc(CN2[C@@H]3CCC[C@H]2CC(NC(=S)Nc2ccccc2C)C3)cc1. The van der Waals surface area contributed by atoms with E-state index in [0.717, 1.165) is 17.3 Å². The van der Waals surface area contributed by atoms with Gasteiger partial charge in [-0.05, 0) is 68.9 Å². The average Bonchev–Trinajstić information content (AvgIpc) is 2.66. The molecule has 1 unspecified atom stereocenters. The van der Waals surface area contributed by atoms with Gasteiger partial charge < -0.3 is 10.6 Å². The van der Waals surface area contributed by atoms with Gasteiger partial charge in [-0.15, -0.1) is 0 Å². The molecule has 2 bridgehead atoms. The fourth-order valence-corrected chi connectivity index (χ4v) is 5.09. The van der Waals surface area contributed by atoms with E-state index < -0.39 is 0 Å². The summed E-state index contributed by atoms with van der Waals surface area (Å²) in [5.41, 5.74) is 5.08. The first-order valence-corrected chi connectivity index (χ1v) is 10.9. The lowest BCUT2D eigenvalue weighted by Crippen LogP contribution is -2.56. The maximum Gasteiger partial charge on any atom is 0.171 e. The number of piperidine rings is 2. The van der Waals surface area contributed by atoms with E-state index in [4.69, 9.17) is 12.2 Å². The molecule has 0 aliphatic carbocycles. The van der Waals surface area contributed by atoms with Crippen LogP contribution in [-0.2, 0) is 6.54 Å². The van der Waals surface area contributed by atoms with Crippen LogP contribution in [0.1, 0.15) is 48.8 Å². The van der Waals surface area contributed by atoms with Crippen molar-refractivity contribution in [3.05, 3.63) is 65.2 Å².